The number of hydrogen-bond donors (Lipinski definition) is 1. The minimum absolute atomic E-state index is 0.0920. The van der Waals surface area contributed by atoms with Crippen LogP contribution in [0.4, 0.5) is 0 Å². The topological polar surface area (TPSA) is 99.1 Å². The summed E-state index contributed by atoms with van der Waals surface area (Å²) in [6.45, 7) is 8.18. The van der Waals surface area contributed by atoms with Crippen LogP contribution in [0.1, 0.15) is 67.7 Å². The van der Waals surface area contributed by atoms with E-state index in [1.54, 1.807) is 18.2 Å². The van der Waals surface area contributed by atoms with Crippen LogP contribution in [0.3, 0.4) is 0 Å². The molecule has 0 spiro atoms. The number of fused-ring (bicyclic) bond motifs is 4. The van der Waals surface area contributed by atoms with Gasteiger partial charge in [-0.05, 0) is 47.2 Å². The lowest BCUT2D eigenvalue weighted by Gasteiger charge is -2.18. The maximum Gasteiger partial charge on any atom is 0.344 e. The summed E-state index contributed by atoms with van der Waals surface area (Å²) in [4.78, 5) is 26.2. The maximum atomic E-state index is 13.1. The van der Waals surface area contributed by atoms with Crippen molar-refractivity contribution in [3.63, 3.8) is 0 Å². The number of ether oxygens (including phenoxy) is 2. The van der Waals surface area contributed by atoms with Crippen molar-refractivity contribution >= 4 is 21.9 Å². The van der Waals surface area contributed by atoms with Crippen LogP contribution >= 0.6 is 0 Å². The van der Waals surface area contributed by atoms with Gasteiger partial charge in [0, 0.05) is 7.11 Å². The third kappa shape index (κ3) is 3.30. The first-order valence-electron chi connectivity index (χ1n) is 11.3. The molecule has 2 aromatic heterocycles. The molecule has 4 aromatic rings. The third-order valence-corrected chi connectivity index (χ3v) is 6.55. The molecule has 0 aliphatic carbocycles. The summed E-state index contributed by atoms with van der Waals surface area (Å²) >= 11 is 0. The van der Waals surface area contributed by atoms with Crippen molar-refractivity contribution in [1.82, 2.24) is 0 Å². The van der Waals surface area contributed by atoms with E-state index in [9.17, 15) is 14.7 Å². The molecule has 1 N–H and O–H groups in total. The molecule has 2 atom stereocenters. The van der Waals surface area contributed by atoms with Crippen LogP contribution in [0.2, 0.25) is 0 Å². The quantitative estimate of drug-likeness (QED) is 0.408. The summed E-state index contributed by atoms with van der Waals surface area (Å²) in [7, 11) is 1.42. The highest BCUT2D eigenvalue weighted by atomic mass is 16.7. The van der Waals surface area contributed by atoms with Gasteiger partial charge in [0.25, 0.3) is 0 Å². The zero-order valence-electron chi connectivity index (χ0n) is 19.7. The first-order valence-corrected chi connectivity index (χ1v) is 11.3. The highest BCUT2D eigenvalue weighted by molar-refractivity contribution is 5.88. The van der Waals surface area contributed by atoms with Crippen molar-refractivity contribution in [3.8, 4) is 11.5 Å². The fourth-order valence-electron chi connectivity index (χ4n) is 4.60. The van der Waals surface area contributed by atoms with Crippen LogP contribution in [0.5, 0.6) is 11.5 Å². The molecule has 7 heteroatoms. The van der Waals surface area contributed by atoms with Gasteiger partial charge in [0.2, 0.25) is 6.29 Å². The van der Waals surface area contributed by atoms with Gasteiger partial charge >= 0.3 is 11.3 Å². The van der Waals surface area contributed by atoms with E-state index < -0.39 is 23.5 Å². The van der Waals surface area contributed by atoms with Crippen LogP contribution < -0.4 is 16.0 Å². The van der Waals surface area contributed by atoms with Crippen molar-refractivity contribution in [2.75, 3.05) is 7.11 Å². The Morgan fingerprint density at radius 3 is 1.91 bits per heavy atom. The number of methoxy groups -OCH3 is 1. The van der Waals surface area contributed by atoms with Crippen molar-refractivity contribution in [2.45, 2.75) is 51.7 Å². The van der Waals surface area contributed by atoms with Crippen molar-refractivity contribution < 1.29 is 23.4 Å². The minimum Gasteiger partial charge on any atom is -0.507 e. The predicted octanol–water partition coefficient (Wildman–Crippen LogP) is 5.35. The molecule has 0 radical (unpaired) electrons. The van der Waals surface area contributed by atoms with E-state index in [0.29, 0.717) is 22.1 Å². The smallest absolute Gasteiger partial charge is 0.344 e. The Hall–Kier alpha value is -3.58. The molecule has 0 bridgehead atoms. The van der Waals surface area contributed by atoms with Gasteiger partial charge in [-0.25, -0.2) is 9.59 Å². The van der Waals surface area contributed by atoms with E-state index >= 15 is 0 Å². The molecule has 1 aliphatic heterocycles. The Morgan fingerprint density at radius 1 is 0.824 bits per heavy atom. The Morgan fingerprint density at radius 2 is 1.35 bits per heavy atom. The molecule has 0 saturated heterocycles. The SMILES string of the molecule is COC1Oc2c(c(=O)oc3ccc(C(C)C)cc23)C1c1c(O)c2cc(C(C)C)ccc2oc1=O. The van der Waals surface area contributed by atoms with Crippen molar-refractivity contribution in [2.24, 2.45) is 0 Å². The van der Waals surface area contributed by atoms with Crippen LogP contribution in [-0.2, 0) is 4.74 Å². The van der Waals surface area contributed by atoms with Crippen LogP contribution in [-0.4, -0.2) is 18.5 Å². The van der Waals surface area contributed by atoms with Crippen molar-refractivity contribution in [1.29, 1.82) is 0 Å². The zero-order chi connectivity index (χ0) is 24.3. The summed E-state index contributed by atoms with van der Waals surface area (Å²) in [5.41, 5.74) is 1.27. The Kier molecular flexibility index (Phi) is 5.24. The van der Waals surface area contributed by atoms with Gasteiger partial charge < -0.3 is 23.4 Å². The first-order chi connectivity index (χ1) is 16.2. The Labute approximate surface area is 195 Å². The molecule has 176 valence electrons. The molecular formula is C27H26O7. The highest BCUT2D eigenvalue weighted by Gasteiger charge is 2.44. The number of aromatic hydroxyl groups is 1. The van der Waals surface area contributed by atoms with Crippen molar-refractivity contribution in [3.05, 3.63) is 79.5 Å². The molecule has 1 aliphatic rings. The van der Waals surface area contributed by atoms with E-state index in [1.165, 1.54) is 7.11 Å². The second-order valence-corrected chi connectivity index (χ2v) is 9.30. The van der Waals surface area contributed by atoms with E-state index in [-0.39, 0.29) is 34.3 Å². The van der Waals surface area contributed by atoms with Gasteiger partial charge in [-0.3, -0.25) is 0 Å². The molecular weight excluding hydrogens is 436 g/mol. The summed E-state index contributed by atoms with van der Waals surface area (Å²) in [6, 6.07) is 10.9. The fourth-order valence-corrected chi connectivity index (χ4v) is 4.60. The molecule has 0 amide bonds. The minimum atomic E-state index is -1.02. The first kappa shape index (κ1) is 22.2. The van der Waals surface area contributed by atoms with E-state index in [0.717, 1.165) is 11.1 Å². The second-order valence-electron chi connectivity index (χ2n) is 9.30. The highest BCUT2D eigenvalue weighted by Crippen LogP contribution is 2.47. The lowest BCUT2D eigenvalue weighted by Crippen LogP contribution is -2.28. The lowest BCUT2D eigenvalue weighted by molar-refractivity contribution is -0.0472. The van der Waals surface area contributed by atoms with Crippen LogP contribution in [0.25, 0.3) is 21.9 Å². The van der Waals surface area contributed by atoms with Gasteiger partial charge in [0.15, 0.2) is 0 Å². The molecule has 5 rings (SSSR count). The Bertz CT molecular complexity index is 1540. The number of rotatable bonds is 4. The summed E-state index contributed by atoms with van der Waals surface area (Å²) < 4.78 is 22.7. The Balaban J connectivity index is 1.80. The van der Waals surface area contributed by atoms with Crippen LogP contribution in [0.15, 0.2) is 54.8 Å². The molecule has 3 heterocycles. The second kappa shape index (κ2) is 8.02. The molecule has 34 heavy (non-hydrogen) atoms. The molecule has 2 unspecified atom stereocenters. The maximum absolute atomic E-state index is 13.1. The average molecular weight is 462 g/mol. The van der Waals surface area contributed by atoms with Crippen LogP contribution in [0, 0.1) is 0 Å². The van der Waals surface area contributed by atoms with E-state index in [4.69, 9.17) is 18.3 Å². The summed E-state index contributed by atoms with van der Waals surface area (Å²) in [6.07, 6.45) is -1.02. The molecule has 7 nitrogen and oxygen atoms in total. The number of hydrogen-bond acceptors (Lipinski definition) is 7. The van der Waals surface area contributed by atoms with Gasteiger partial charge in [0.05, 0.1) is 27.8 Å². The lowest BCUT2D eigenvalue weighted by atomic mass is 9.91. The monoisotopic (exact) mass is 462 g/mol. The summed E-state index contributed by atoms with van der Waals surface area (Å²) in [5.74, 6) is -0.538. The van der Waals surface area contributed by atoms with E-state index in [2.05, 4.69) is 13.8 Å². The molecule has 0 fully saturated rings. The average Bonchev–Trinajstić information content (AvgIpc) is 3.19. The van der Waals surface area contributed by atoms with Gasteiger partial charge in [0.1, 0.15) is 22.7 Å². The summed E-state index contributed by atoms with van der Waals surface area (Å²) in [5, 5.41) is 12.2. The number of benzene rings is 2. The fraction of sp³-hybridized carbons (Fsp3) is 0.333. The molecule has 2 aromatic carbocycles. The standard InChI is InChI=1S/C27H26O7/c1-12(2)14-6-8-18-16(10-14)23(28)21(25(29)32-18)20-22-24(34-27(20)31-5)17-11-15(13(3)4)7-9-19(17)33-26(22)30/h6-13,20,27-28H,1-5H3. The molecule has 0 saturated carbocycles. The van der Waals surface area contributed by atoms with E-state index in [1.807, 2.05) is 32.0 Å². The third-order valence-electron chi connectivity index (χ3n) is 6.55. The van der Waals surface area contributed by atoms with Gasteiger partial charge in [-0.1, -0.05) is 39.8 Å². The predicted molar refractivity (Wildman–Crippen MR) is 128 cm³/mol. The largest absolute Gasteiger partial charge is 0.507 e. The van der Waals surface area contributed by atoms with Gasteiger partial charge in [-0.2, -0.15) is 0 Å². The normalized spacial score (nSPS) is 17.6. The van der Waals surface area contributed by atoms with Gasteiger partial charge in [-0.15, -0.1) is 0 Å². The zero-order valence-corrected chi connectivity index (χ0v) is 19.7.